The predicted molar refractivity (Wildman–Crippen MR) is 52.5 cm³/mol. The van der Waals surface area contributed by atoms with Crippen LogP contribution in [0.25, 0.3) is 0 Å². The minimum absolute atomic E-state index is 0.281. The summed E-state index contributed by atoms with van der Waals surface area (Å²) in [5.41, 5.74) is 5.97. The van der Waals surface area contributed by atoms with Gasteiger partial charge in [0.25, 0.3) is 0 Å². The second-order valence-corrected chi connectivity index (χ2v) is 2.54. The number of carbonyl (C=O) groups excluding carboxylic acids is 1. The van der Waals surface area contributed by atoms with Crippen LogP contribution in [0.3, 0.4) is 0 Å². The summed E-state index contributed by atoms with van der Waals surface area (Å²) in [6, 6.07) is 4.84. The van der Waals surface area contributed by atoms with Gasteiger partial charge in [-0.05, 0) is 12.1 Å². The molecule has 5 heteroatoms. The van der Waals surface area contributed by atoms with Crippen LogP contribution in [0.2, 0.25) is 0 Å². The standard InChI is InChI=1S/C9H12N2O3/c1-11-9(12)14-8-5-6(13-2)3-4-7(8)10/h3-5H,10H2,1-2H3,(H,11,12). The second kappa shape index (κ2) is 4.36. The molecule has 0 fully saturated rings. The normalized spacial score (nSPS) is 9.29. The number of hydrogen-bond acceptors (Lipinski definition) is 4. The number of nitrogen functional groups attached to an aromatic ring is 1. The van der Waals surface area contributed by atoms with E-state index in [0.29, 0.717) is 11.4 Å². The lowest BCUT2D eigenvalue weighted by Crippen LogP contribution is -2.22. The summed E-state index contributed by atoms with van der Waals surface area (Å²) in [4.78, 5) is 10.9. The highest BCUT2D eigenvalue weighted by Gasteiger charge is 2.06. The number of rotatable bonds is 2. The Balaban J connectivity index is 2.89. The molecule has 0 radical (unpaired) electrons. The van der Waals surface area contributed by atoms with Crippen LogP contribution in [0, 0.1) is 0 Å². The maximum Gasteiger partial charge on any atom is 0.412 e. The molecule has 1 rings (SSSR count). The fraction of sp³-hybridized carbons (Fsp3) is 0.222. The topological polar surface area (TPSA) is 73.6 Å². The molecule has 14 heavy (non-hydrogen) atoms. The van der Waals surface area contributed by atoms with Gasteiger partial charge in [-0.15, -0.1) is 0 Å². The van der Waals surface area contributed by atoms with Crippen LogP contribution in [0.15, 0.2) is 18.2 Å². The van der Waals surface area contributed by atoms with Crippen molar-refractivity contribution in [3.05, 3.63) is 18.2 Å². The molecule has 5 nitrogen and oxygen atoms in total. The Hall–Kier alpha value is -1.91. The number of amides is 1. The zero-order valence-corrected chi connectivity index (χ0v) is 8.03. The molecule has 0 aromatic heterocycles. The summed E-state index contributed by atoms with van der Waals surface area (Å²) in [6.45, 7) is 0. The third-order valence-corrected chi connectivity index (χ3v) is 1.63. The summed E-state index contributed by atoms with van der Waals surface area (Å²) in [6.07, 6.45) is -0.565. The first-order valence-corrected chi connectivity index (χ1v) is 4.00. The average molecular weight is 196 g/mol. The Morgan fingerprint density at radius 2 is 2.21 bits per heavy atom. The molecule has 0 saturated heterocycles. The molecule has 1 aromatic rings. The largest absolute Gasteiger partial charge is 0.497 e. The van der Waals surface area contributed by atoms with E-state index in [4.69, 9.17) is 15.2 Å². The highest BCUT2D eigenvalue weighted by atomic mass is 16.6. The van der Waals surface area contributed by atoms with Gasteiger partial charge in [-0.3, -0.25) is 0 Å². The minimum Gasteiger partial charge on any atom is -0.497 e. The van der Waals surface area contributed by atoms with Crippen molar-refractivity contribution in [3.63, 3.8) is 0 Å². The molecule has 0 atom stereocenters. The maximum absolute atomic E-state index is 10.9. The molecule has 0 unspecified atom stereocenters. The molecule has 76 valence electrons. The number of ether oxygens (including phenoxy) is 2. The number of methoxy groups -OCH3 is 1. The van der Waals surface area contributed by atoms with E-state index >= 15 is 0 Å². The van der Waals surface area contributed by atoms with E-state index in [0.717, 1.165) is 0 Å². The molecule has 0 aliphatic rings. The van der Waals surface area contributed by atoms with Crippen LogP contribution in [0.5, 0.6) is 11.5 Å². The second-order valence-electron chi connectivity index (χ2n) is 2.54. The van der Waals surface area contributed by atoms with Gasteiger partial charge in [-0.2, -0.15) is 0 Å². The van der Waals surface area contributed by atoms with Crippen LogP contribution >= 0.6 is 0 Å². The number of anilines is 1. The first-order chi connectivity index (χ1) is 6.67. The molecule has 0 aliphatic carbocycles. The molecule has 0 spiro atoms. The lowest BCUT2D eigenvalue weighted by Gasteiger charge is -2.07. The molecule has 1 amide bonds. The van der Waals surface area contributed by atoms with E-state index in [1.165, 1.54) is 14.2 Å². The molecule has 0 bridgehead atoms. The van der Waals surface area contributed by atoms with Crippen molar-refractivity contribution < 1.29 is 14.3 Å². The van der Waals surface area contributed by atoms with Crippen molar-refractivity contribution in [3.8, 4) is 11.5 Å². The lowest BCUT2D eigenvalue weighted by molar-refractivity contribution is 0.203. The number of nitrogens with two attached hydrogens (primary N) is 1. The van der Waals surface area contributed by atoms with Crippen molar-refractivity contribution in [1.82, 2.24) is 5.32 Å². The van der Waals surface area contributed by atoms with Crippen LogP contribution in [0.1, 0.15) is 0 Å². The number of carbonyl (C=O) groups is 1. The number of benzene rings is 1. The Labute approximate surface area is 81.8 Å². The molecule has 0 saturated carbocycles. The highest BCUT2D eigenvalue weighted by molar-refractivity contribution is 5.72. The number of nitrogens with one attached hydrogen (secondary N) is 1. The Morgan fingerprint density at radius 1 is 1.50 bits per heavy atom. The molecular formula is C9H12N2O3. The summed E-state index contributed by atoms with van der Waals surface area (Å²) in [7, 11) is 2.99. The third-order valence-electron chi connectivity index (χ3n) is 1.63. The van der Waals surface area contributed by atoms with E-state index in [9.17, 15) is 4.79 Å². The van der Waals surface area contributed by atoms with Crippen LogP contribution in [0.4, 0.5) is 10.5 Å². The quantitative estimate of drug-likeness (QED) is 0.692. The van der Waals surface area contributed by atoms with Crippen molar-refractivity contribution in [2.45, 2.75) is 0 Å². The SMILES string of the molecule is CNC(=O)Oc1cc(OC)ccc1N. The van der Waals surface area contributed by atoms with E-state index < -0.39 is 6.09 Å². The maximum atomic E-state index is 10.9. The molecular weight excluding hydrogens is 184 g/mol. The van der Waals surface area contributed by atoms with Crippen LogP contribution < -0.4 is 20.5 Å². The third kappa shape index (κ3) is 2.29. The summed E-state index contributed by atoms with van der Waals surface area (Å²) < 4.78 is 9.84. The monoisotopic (exact) mass is 196 g/mol. The zero-order valence-electron chi connectivity index (χ0n) is 8.03. The van der Waals surface area contributed by atoms with E-state index in [1.54, 1.807) is 18.2 Å². The zero-order chi connectivity index (χ0) is 10.6. The van der Waals surface area contributed by atoms with Crippen LogP contribution in [-0.4, -0.2) is 20.3 Å². The summed E-state index contributed by atoms with van der Waals surface area (Å²) >= 11 is 0. The molecule has 1 aromatic carbocycles. The molecule has 3 N–H and O–H groups in total. The van der Waals surface area contributed by atoms with Crippen molar-refractivity contribution in [1.29, 1.82) is 0 Å². The van der Waals surface area contributed by atoms with Crippen molar-refractivity contribution in [2.75, 3.05) is 19.9 Å². The van der Waals surface area contributed by atoms with Gasteiger partial charge in [-0.25, -0.2) is 4.79 Å². The van der Waals surface area contributed by atoms with Crippen LogP contribution in [-0.2, 0) is 0 Å². The van der Waals surface area contributed by atoms with Gasteiger partial charge >= 0.3 is 6.09 Å². The van der Waals surface area contributed by atoms with Crippen molar-refractivity contribution in [2.24, 2.45) is 0 Å². The summed E-state index contributed by atoms with van der Waals surface area (Å²) in [5, 5.41) is 2.32. The first-order valence-electron chi connectivity index (χ1n) is 4.00. The van der Waals surface area contributed by atoms with E-state index in [-0.39, 0.29) is 5.75 Å². The van der Waals surface area contributed by atoms with Gasteiger partial charge in [0.2, 0.25) is 0 Å². The fourth-order valence-corrected chi connectivity index (χ4v) is 0.881. The smallest absolute Gasteiger partial charge is 0.412 e. The Morgan fingerprint density at radius 3 is 2.79 bits per heavy atom. The number of hydrogen-bond donors (Lipinski definition) is 2. The van der Waals surface area contributed by atoms with Gasteiger partial charge in [0.1, 0.15) is 5.75 Å². The minimum atomic E-state index is -0.565. The first kappa shape index (κ1) is 10.2. The predicted octanol–water partition coefficient (Wildman–Crippen LogP) is 0.996. The van der Waals surface area contributed by atoms with E-state index in [2.05, 4.69) is 5.32 Å². The van der Waals surface area contributed by atoms with Gasteiger partial charge in [-0.1, -0.05) is 0 Å². The highest BCUT2D eigenvalue weighted by Crippen LogP contribution is 2.26. The molecule has 0 aliphatic heterocycles. The van der Waals surface area contributed by atoms with Gasteiger partial charge in [0, 0.05) is 13.1 Å². The Kier molecular flexibility index (Phi) is 3.17. The summed E-state index contributed by atoms with van der Waals surface area (Å²) in [5.74, 6) is 0.863. The van der Waals surface area contributed by atoms with Gasteiger partial charge in [0.15, 0.2) is 5.75 Å². The fourth-order valence-electron chi connectivity index (χ4n) is 0.881. The van der Waals surface area contributed by atoms with Crippen molar-refractivity contribution >= 4 is 11.8 Å². The van der Waals surface area contributed by atoms with Gasteiger partial charge in [0.05, 0.1) is 12.8 Å². The van der Waals surface area contributed by atoms with E-state index in [1.807, 2.05) is 0 Å². The van der Waals surface area contributed by atoms with Gasteiger partial charge < -0.3 is 20.5 Å². The lowest BCUT2D eigenvalue weighted by atomic mass is 10.3. The Bertz CT molecular complexity index is 339. The average Bonchev–Trinajstić information content (AvgIpc) is 2.21. The molecule has 0 heterocycles.